The van der Waals surface area contributed by atoms with Gasteiger partial charge in [0.2, 0.25) is 10.0 Å². The zero-order valence-electron chi connectivity index (χ0n) is 9.73. The van der Waals surface area contributed by atoms with E-state index in [0.29, 0.717) is 18.0 Å². The SMILES string of the molecule is CCN(C1CC1)S(=O)(=O)c1c(C)noc1C. The van der Waals surface area contributed by atoms with E-state index in [1.54, 1.807) is 18.2 Å². The van der Waals surface area contributed by atoms with Gasteiger partial charge in [0.1, 0.15) is 10.6 Å². The van der Waals surface area contributed by atoms with Crippen LogP contribution in [0.3, 0.4) is 0 Å². The maximum atomic E-state index is 12.4. The molecule has 0 saturated heterocycles. The Labute approximate surface area is 95.5 Å². The van der Waals surface area contributed by atoms with Crippen LogP contribution in [0, 0.1) is 13.8 Å². The summed E-state index contributed by atoms with van der Waals surface area (Å²) in [5.74, 6) is 0.372. The van der Waals surface area contributed by atoms with E-state index in [9.17, 15) is 8.42 Å². The van der Waals surface area contributed by atoms with Crippen molar-refractivity contribution in [3.8, 4) is 0 Å². The Morgan fingerprint density at radius 2 is 2.06 bits per heavy atom. The van der Waals surface area contributed by atoms with Gasteiger partial charge in [0, 0.05) is 12.6 Å². The van der Waals surface area contributed by atoms with Crippen molar-refractivity contribution in [1.82, 2.24) is 9.46 Å². The zero-order chi connectivity index (χ0) is 11.9. The van der Waals surface area contributed by atoms with Crippen LogP contribution in [0.2, 0.25) is 0 Å². The van der Waals surface area contributed by atoms with Crippen molar-refractivity contribution in [3.63, 3.8) is 0 Å². The quantitative estimate of drug-likeness (QED) is 0.804. The van der Waals surface area contributed by atoms with Gasteiger partial charge in [-0.1, -0.05) is 12.1 Å². The normalized spacial score (nSPS) is 17.0. The smallest absolute Gasteiger partial charge is 0.248 e. The molecule has 1 aliphatic carbocycles. The number of nitrogens with zero attached hydrogens (tertiary/aromatic N) is 2. The van der Waals surface area contributed by atoms with Gasteiger partial charge in [-0.25, -0.2) is 8.42 Å². The third-order valence-corrected chi connectivity index (χ3v) is 5.07. The first kappa shape index (κ1) is 11.6. The van der Waals surface area contributed by atoms with Crippen LogP contribution in [0.4, 0.5) is 0 Å². The summed E-state index contributed by atoms with van der Waals surface area (Å²) in [4.78, 5) is 0.237. The second-order valence-electron chi connectivity index (χ2n) is 4.09. The second kappa shape index (κ2) is 3.85. The lowest BCUT2D eigenvalue weighted by Gasteiger charge is -2.19. The maximum absolute atomic E-state index is 12.4. The van der Waals surface area contributed by atoms with Crippen LogP contribution in [0.5, 0.6) is 0 Å². The summed E-state index contributed by atoms with van der Waals surface area (Å²) in [7, 11) is -3.43. The third kappa shape index (κ3) is 1.76. The molecule has 5 nitrogen and oxygen atoms in total. The minimum Gasteiger partial charge on any atom is -0.360 e. The average Bonchev–Trinajstić information content (AvgIpc) is 2.94. The van der Waals surface area contributed by atoms with Gasteiger partial charge in [0.15, 0.2) is 5.76 Å². The largest absolute Gasteiger partial charge is 0.360 e. The molecule has 1 heterocycles. The zero-order valence-corrected chi connectivity index (χ0v) is 10.5. The van der Waals surface area contributed by atoms with Crippen molar-refractivity contribution < 1.29 is 12.9 Å². The molecule has 0 radical (unpaired) electrons. The predicted octanol–water partition coefficient (Wildman–Crippen LogP) is 1.46. The molecule has 2 rings (SSSR count). The molecule has 0 N–H and O–H groups in total. The molecular formula is C10H16N2O3S. The summed E-state index contributed by atoms with van der Waals surface area (Å²) >= 11 is 0. The molecule has 0 spiro atoms. The van der Waals surface area contributed by atoms with Gasteiger partial charge < -0.3 is 4.52 Å². The summed E-state index contributed by atoms with van der Waals surface area (Å²) in [6, 6.07) is 0.170. The standard InChI is InChI=1S/C10H16N2O3S/c1-4-12(9-5-6-9)16(13,14)10-7(2)11-15-8(10)3/h9H,4-6H2,1-3H3. The number of sulfonamides is 1. The lowest BCUT2D eigenvalue weighted by molar-refractivity contribution is 0.388. The highest BCUT2D eigenvalue weighted by Crippen LogP contribution is 2.33. The summed E-state index contributed by atoms with van der Waals surface area (Å²) in [6.45, 7) is 5.64. The number of rotatable bonds is 4. The van der Waals surface area contributed by atoms with Crippen LogP contribution in [0.25, 0.3) is 0 Å². The van der Waals surface area contributed by atoms with Gasteiger partial charge in [0.25, 0.3) is 0 Å². The van der Waals surface area contributed by atoms with Gasteiger partial charge in [-0.15, -0.1) is 0 Å². The van der Waals surface area contributed by atoms with Gasteiger partial charge >= 0.3 is 0 Å². The summed E-state index contributed by atoms with van der Waals surface area (Å²) < 4.78 is 31.2. The lowest BCUT2D eigenvalue weighted by atomic mass is 10.4. The molecule has 0 unspecified atom stereocenters. The van der Waals surface area contributed by atoms with Gasteiger partial charge in [0.05, 0.1) is 0 Å². The van der Waals surface area contributed by atoms with Crippen molar-refractivity contribution in [2.24, 2.45) is 0 Å². The maximum Gasteiger partial charge on any atom is 0.248 e. The summed E-state index contributed by atoms with van der Waals surface area (Å²) in [5, 5.41) is 3.70. The summed E-state index contributed by atoms with van der Waals surface area (Å²) in [6.07, 6.45) is 1.91. The van der Waals surface area contributed by atoms with Crippen LogP contribution in [-0.4, -0.2) is 30.5 Å². The van der Waals surface area contributed by atoms with Crippen molar-refractivity contribution in [3.05, 3.63) is 11.5 Å². The molecule has 0 aliphatic heterocycles. The van der Waals surface area contributed by atoms with Gasteiger partial charge in [-0.05, 0) is 26.7 Å². The molecular weight excluding hydrogens is 228 g/mol. The molecule has 1 saturated carbocycles. The number of hydrogen-bond acceptors (Lipinski definition) is 4. The topological polar surface area (TPSA) is 63.4 Å². The van der Waals surface area contributed by atoms with Crippen molar-refractivity contribution in [2.75, 3.05) is 6.54 Å². The van der Waals surface area contributed by atoms with E-state index in [4.69, 9.17) is 4.52 Å². The Balaban J connectivity index is 2.45. The van der Waals surface area contributed by atoms with E-state index >= 15 is 0 Å². The molecule has 0 amide bonds. The molecule has 90 valence electrons. The van der Waals surface area contributed by atoms with Gasteiger partial charge in [-0.2, -0.15) is 4.31 Å². The van der Waals surface area contributed by atoms with E-state index < -0.39 is 10.0 Å². The number of aryl methyl sites for hydroxylation is 2. The fraction of sp³-hybridized carbons (Fsp3) is 0.700. The average molecular weight is 244 g/mol. The van der Waals surface area contributed by atoms with Crippen LogP contribution in [-0.2, 0) is 10.0 Å². The first-order valence-corrected chi connectivity index (χ1v) is 6.87. The minimum absolute atomic E-state index is 0.170. The Morgan fingerprint density at radius 3 is 2.44 bits per heavy atom. The molecule has 0 atom stereocenters. The van der Waals surface area contributed by atoms with E-state index in [0.717, 1.165) is 12.8 Å². The molecule has 0 bridgehead atoms. The highest BCUT2D eigenvalue weighted by Gasteiger charge is 2.39. The van der Waals surface area contributed by atoms with Crippen LogP contribution in [0.1, 0.15) is 31.2 Å². The highest BCUT2D eigenvalue weighted by atomic mass is 32.2. The first-order valence-electron chi connectivity index (χ1n) is 5.43. The Hall–Kier alpha value is -0.880. The van der Waals surface area contributed by atoms with E-state index in [-0.39, 0.29) is 10.9 Å². The van der Waals surface area contributed by atoms with Crippen LogP contribution < -0.4 is 0 Å². The molecule has 6 heteroatoms. The van der Waals surface area contributed by atoms with Crippen LogP contribution >= 0.6 is 0 Å². The minimum atomic E-state index is -3.43. The molecule has 1 aromatic heterocycles. The molecule has 16 heavy (non-hydrogen) atoms. The Bertz CT molecular complexity index is 469. The van der Waals surface area contributed by atoms with Crippen molar-refractivity contribution >= 4 is 10.0 Å². The fourth-order valence-corrected chi connectivity index (χ4v) is 3.94. The fourth-order valence-electron chi connectivity index (χ4n) is 1.95. The van der Waals surface area contributed by atoms with Crippen molar-refractivity contribution in [1.29, 1.82) is 0 Å². The Morgan fingerprint density at radius 1 is 1.44 bits per heavy atom. The highest BCUT2D eigenvalue weighted by molar-refractivity contribution is 7.89. The van der Waals surface area contributed by atoms with E-state index in [1.807, 2.05) is 6.92 Å². The predicted molar refractivity (Wildman–Crippen MR) is 58.6 cm³/mol. The first-order chi connectivity index (χ1) is 7.48. The third-order valence-electron chi connectivity index (χ3n) is 2.80. The molecule has 1 aromatic rings. The monoisotopic (exact) mass is 244 g/mol. The summed E-state index contributed by atoms with van der Waals surface area (Å²) in [5.41, 5.74) is 0.441. The Kier molecular flexibility index (Phi) is 2.79. The van der Waals surface area contributed by atoms with E-state index in [2.05, 4.69) is 5.16 Å². The number of aromatic nitrogens is 1. The second-order valence-corrected chi connectivity index (χ2v) is 5.92. The molecule has 1 aliphatic rings. The van der Waals surface area contributed by atoms with Crippen LogP contribution in [0.15, 0.2) is 9.42 Å². The van der Waals surface area contributed by atoms with Crippen molar-refractivity contribution in [2.45, 2.75) is 44.6 Å². The van der Waals surface area contributed by atoms with Gasteiger partial charge in [-0.3, -0.25) is 0 Å². The van der Waals surface area contributed by atoms with E-state index in [1.165, 1.54) is 0 Å². The molecule has 1 fully saturated rings. The molecule has 0 aromatic carbocycles. The lowest BCUT2D eigenvalue weighted by Crippen LogP contribution is -2.33. The number of hydrogen-bond donors (Lipinski definition) is 0.